The van der Waals surface area contributed by atoms with Gasteiger partial charge in [-0.05, 0) is 24.0 Å². The molecule has 0 bridgehead atoms. The molecular weight excluding hydrogens is 294 g/mol. The summed E-state index contributed by atoms with van der Waals surface area (Å²) in [5, 5.41) is 12.1. The van der Waals surface area contributed by atoms with E-state index in [2.05, 4.69) is 10.1 Å². The Hall–Kier alpha value is -2.89. The average molecular weight is 311 g/mol. The van der Waals surface area contributed by atoms with Gasteiger partial charge in [-0.3, -0.25) is 9.89 Å². The van der Waals surface area contributed by atoms with Crippen LogP contribution in [0.15, 0.2) is 41.2 Å². The summed E-state index contributed by atoms with van der Waals surface area (Å²) >= 11 is 0. The van der Waals surface area contributed by atoms with Crippen LogP contribution in [0.25, 0.3) is 16.8 Å². The van der Waals surface area contributed by atoms with Gasteiger partial charge in [0.1, 0.15) is 0 Å². The highest BCUT2D eigenvalue weighted by atomic mass is 16.4. The molecule has 0 saturated heterocycles. The molecule has 2 N–H and O–H groups in total. The topological polar surface area (TPSA) is 87.5 Å². The molecule has 2 aromatic heterocycles. The fourth-order valence-electron chi connectivity index (χ4n) is 2.65. The van der Waals surface area contributed by atoms with E-state index in [0.717, 1.165) is 5.69 Å². The van der Waals surface area contributed by atoms with Crippen molar-refractivity contribution in [1.82, 2.24) is 14.6 Å². The molecule has 3 aromatic rings. The zero-order valence-corrected chi connectivity index (χ0v) is 12.9. The number of benzene rings is 1. The van der Waals surface area contributed by atoms with Crippen molar-refractivity contribution in [2.75, 3.05) is 0 Å². The van der Waals surface area contributed by atoms with Crippen molar-refractivity contribution in [2.24, 2.45) is 5.92 Å². The van der Waals surface area contributed by atoms with Crippen LogP contribution in [0.2, 0.25) is 0 Å². The Morgan fingerprint density at radius 2 is 2.00 bits per heavy atom. The maximum absolute atomic E-state index is 12.4. The Balaban J connectivity index is 2.35. The standard InChI is InChI=1S/C17H17N3O3/c1-10(2)8-12-9-13(17(22)23)18-15-14(16(21)19-20(12)15)11-6-4-3-5-7-11/h3-7,9-10H,8H2,1-2H3,(H,19,21)(H,22,23). The van der Waals surface area contributed by atoms with Crippen LogP contribution < -0.4 is 5.56 Å². The van der Waals surface area contributed by atoms with Gasteiger partial charge in [0, 0.05) is 5.69 Å². The first-order valence-electron chi connectivity index (χ1n) is 7.40. The lowest BCUT2D eigenvalue weighted by atomic mass is 10.1. The molecule has 2 heterocycles. The van der Waals surface area contributed by atoms with E-state index in [0.29, 0.717) is 29.1 Å². The highest BCUT2D eigenvalue weighted by Crippen LogP contribution is 2.22. The summed E-state index contributed by atoms with van der Waals surface area (Å²) in [6.45, 7) is 4.07. The number of aromatic carboxylic acids is 1. The quantitative estimate of drug-likeness (QED) is 0.775. The van der Waals surface area contributed by atoms with Crippen LogP contribution in [0, 0.1) is 5.92 Å². The molecule has 0 aliphatic carbocycles. The van der Waals surface area contributed by atoms with Crippen LogP contribution in [-0.4, -0.2) is 25.7 Å². The minimum atomic E-state index is -1.11. The van der Waals surface area contributed by atoms with E-state index in [1.807, 2.05) is 44.2 Å². The van der Waals surface area contributed by atoms with Crippen LogP contribution in [0.4, 0.5) is 0 Å². The summed E-state index contributed by atoms with van der Waals surface area (Å²) in [6, 6.07) is 10.6. The molecular formula is C17H17N3O3. The number of aromatic amines is 1. The number of H-pyrrole nitrogens is 1. The number of rotatable bonds is 4. The lowest BCUT2D eigenvalue weighted by Gasteiger charge is -2.09. The second kappa shape index (κ2) is 5.72. The number of nitrogens with zero attached hydrogens (tertiary/aromatic N) is 2. The van der Waals surface area contributed by atoms with E-state index in [-0.39, 0.29) is 11.3 Å². The predicted molar refractivity (Wildman–Crippen MR) is 86.8 cm³/mol. The van der Waals surface area contributed by atoms with Crippen molar-refractivity contribution in [2.45, 2.75) is 20.3 Å². The summed E-state index contributed by atoms with van der Waals surface area (Å²) in [6.07, 6.45) is 0.637. The van der Waals surface area contributed by atoms with Crippen LogP contribution in [0.1, 0.15) is 30.0 Å². The fourth-order valence-corrected chi connectivity index (χ4v) is 2.65. The van der Waals surface area contributed by atoms with Gasteiger partial charge in [0.25, 0.3) is 5.56 Å². The molecule has 0 aliphatic rings. The largest absolute Gasteiger partial charge is 0.477 e. The zero-order valence-electron chi connectivity index (χ0n) is 12.9. The zero-order chi connectivity index (χ0) is 16.6. The number of carbonyl (C=O) groups is 1. The van der Waals surface area contributed by atoms with Gasteiger partial charge in [-0.15, -0.1) is 0 Å². The number of hydrogen-bond acceptors (Lipinski definition) is 3. The molecule has 0 fully saturated rings. The lowest BCUT2D eigenvalue weighted by Crippen LogP contribution is -2.10. The SMILES string of the molecule is CC(C)Cc1cc(C(=O)O)nc2c(-c3ccccc3)c(=O)[nH]n12. The highest BCUT2D eigenvalue weighted by molar-refractivity contribution is 5.87. The van der Waals surface area contributed by atoms with Crippen molar-refractivity contribution in [3.05, 3.63) is 58.1 Å². The second-order valence-corrected chi connectivity index (χ2v) is 5.88. The first-order chi connectivity index (χ1) is 11.0. The van der Waals surface area contributed by atoms with Crippen LogP contribution in [-0.2, 0) is 6.42 Å². The Morgan fingerprint density at radius 3 is 2.61 bits per heavy atom. The van der Waals surface area contributed by atoms with Crippen molar-refractivity contribution in [1.29, 1.82) is 0 Å². The van der Waals surface area contributed by atoms with E-state index in [1.165, 1.54) is 6.07 Å². The monoisotopic (exact) mass is 311 g/mol. The number of carboxylic acids is 1. The van der Waals surface area contributed by atoms with Gasteiger partial charge in [-0.2, -0.15) is 0 Å². The van der Waals surface area contributed by atoms with Gasteiger partial charge in [-0.1, -0.05) is 44.2 Å². The summed E-state index contributed by atoms with van der Waals surface area (Å²) < 4.78 is 1.59. The van der Waals surface area contributed by atoms with E-state index in [4.69, 9.17) is 0 Å². The first kappa shape index (κ1) is 15.0. The Morgan fingerprint density at radius 1 is 1.30 bits per heavy atom. The maximum Gasteiger partial charge on any atom is 0.354 e. The molecule has 0 radical (unpaired) electrons. The third-order valence-electron chi connectivity index (χ3n) is 3.59. The molecule has 3 rings (SSSR count). The highest BCUT2D eigenvalue weighted by Gasteiger charge is 2.18. The lowest BCUT2D eigenvalue weighted by molar-refractivity contribution is 0.0690. The number of fused-ring (bicyclic) bond motifs is 1. The molecule has 118 valence electrons. The van der Waals surface area contributed by atoms with Gasteiger partial charge in [-0.25, -0.2) is 14.3 Å². The average Bonchev–Trinajstić information content (AvgIpc) is 2.84. The molecule has 23 heavy (non-hydrogen) atoms. The molecule has 6 nitrogen and oxygen atoms in total. The molecule has 0 aliphatic heterocycles. The van der Waals surface area contributed by atoms with Gasteiger partial charge in [0.15, 0.2) is 11.3 Å². The molecule has 0 amide bonds. The minimum absolute atomic E-state index is 0.0585. The normalized spacial score (nSPS) is 11.3. The van der Waals surface area contributed by atoms with Crippen molar-refractivity contribution in [3.63, 3.8) is 0 Å². The van der Waals surface area contributed by atoms with Crippen molar-refractivity contribution < 1.29 is 9.90 Å². The summed E-state index contributed by atoms with van der Waals surface area (Å²) in [4.78, 5) is 27.9. The number of hydrogen-bond donors (Lipinski definition) is 2. The van der Waals surface area contributed by atoms with Gasteiger partial charge in [0.2, 0.25) is 0 Å². The third-order valence-corrected chi connectivity index (χ3v) is 3.59. The van der Waals surface area contributed by atoms with Gasteiger partial charge in [0.05, 0.1) is 5.56 Å². The molecule has 1 aromatic carbocycles. The second-order valence-electron chi connectivity index (χ2n) is 5.88. The first-order valence-corrected chi connectivity index (χ1v) is 7.40. The Labute approximate surface area is 132 Å². The van der Waals surface area contributed by atoms with Crippen LogP contribution >= 0.6 is 0 Å². The number of nitrogens with one attached hydrogen (secondary N) is 1. The van der Waals surface area contributed by atoms with Gasteiger partial charge < -0.3 is 5.11 Å². The number of carboxylic acid groups (broad SMARTS) is 1. The van der Waals surface area contributed by atoms with Crippen molar-refractivity contribution in [3.8, 4) is 11.1 Å². The number of aromatic nitrogens is 3. The Kier molecular flexibility index (Phi) is 3.73. The molecule has 0 saturated carbocycles. The van der Waals surface area contributed by atoms with E-state index in [1.54, 1.807) is 4.52 Å². The minimum Gasteiger partial charge on any atom is -0.477 e. The summed E-state index contributed by atoms with van der Waals surface area (Å²) in [5.74, 6) is -0.793. The third kappa shape index (κ3) is 2.75. The molecule has 0 atom stereocenters. The predicted octanol–water partition coefficient (Wildman–Crippen LogP) is 2.59. The van der Waals surface area contributed by atoms with Crippen LogP contribution in [0.3, 0.4) is 0 Å². The van der Waals surface area contributed by atoms with Gasteiger partial charge >= 0.3 is 5.97 Å². The van der Waals surface area contributed by atoms with Crippen LogP contribution in [0.5, 0.6) is 0 Å². The fraction of sp³-hybridized carbons (Fsp3) is 0.235. The molecule has 0 unspecified atom stereocenters. The maximum atomic E-state index is 12.4. The molecule has 0 spiro atoms. The smallest absolute Gasteiger partial charge is 0.354 e. The Bertz CT molecular complexity index is 923. The van der Waals surface area contributed by atoms with E-state index >= 15 is 0 Å². The van der Waals surface area contributed by atoms with E-state index in [9.17, 15) is 14.7 Å². The van der Waals surface area contributed by atoms with Crippen molar-refractivity contribution >= 4 is 11.6 Å². The van der Waals surface area contributed by atoms with E-state index < -0.39 is 5.97 Å². The summed E-state index contributed by atoms with van der Waals surface area (Å²) in [7, 11) is 0. The summed E-state index contributed by atoms with van der Waals surface area (Å²) in [5.41, 5.74) is 1.83. The molecule has 6 heteroatoms.